The van der Waals surface area contributed by atoms with Gasteiger partial charge in [-0.1, -0.05) is 6.92 Å². The molecule has 0 aliphatic rings. The molecular formula is C13H19N3S. The summed E-state index contributed by atoms with van der Waals surface area (Å²) in [7, 11) is 1.97. The van der Waals surface area contributed by atoms with E-state index < -0.39 is 0 Å². The van der Waals surface area contributed by atoms with Crippen LogP contribution in [-0.4, -0.2) is 16.6 Å². The average molecular weight is 249 g/mol. The van der Waals surface area contributed by atoms with Crippen molar-refractivity contribution in [2.24, 2.45) is 0 Å². The van der Waals surface area contributed by atoms with Crippen LogP contribution < -0.4 is 5.32 Å². The quantitative estimate of drug-likeness (QED) is 0.882. The van der Waals surface area contributed by atoms with Crippen LogP contribution in [0.25, 0.3) is 0 Å². The molecular weight excluding hydrogens is 230 g/mol. The Hall–Kier alpha value is -1.13. The van der Waals surface area contributed by atoms with Gasteiger partial charge in [0, 0.05) is 22.5 Å². The zero-order chi connectivity index (χ0) is 12.3. The van der Waals surface area contributed by atoms with E-state index in [-0.39, 0.29) is 0 Å². The van der Waals surface area contributed by atoms with Crippen molar-refractivity contribution in [2.45, 2.75) is 33.4 Å². The molecule has 0 atom stereocenters. The van der Waals surface area contributed by atoms with Gasteiger partial charge in [0.05, 0.1) is 12.2 Å². The van der Waals surface area contributed by atoms with Crippen LogP contribution in [0.15, 0.2) is 18.3 Å². The van der Waals surface area contributed by atoms with Gasteiger partial charge >= 0.3 is 0 Å². The molecule has 92 valence electrons. The largest absolute Gasteiger partial charge is 0.326 e. The second-order valence-corrected chi connectivity index (χ2v) is 5.39. The molecule has 2 heterocycles. The van der Waals surface area contributed by atoms with E-state index in [1.165, 1.54) is 15.4 Å². The Kier molecular flexibility index (Phi) is 3.97. The van der Waals surface area contributed by atoms with Gasteiger partial charge in [0.1, 0.15) is 5.82 Å². The molecule has 4 heteroatoms. The Balaban J connectivity index is 2.19. The van der Waals surface area contributed by atoms with Gasteiger partial charge < -0.3 is 9.88 Å². The van der Waals surface area contributed by atoms with Crippen molar-refractivity contribution in [3.05, 3.63) is 39.6 Å². The third kappa shape index (κ3) is 2.76. The van der Waals surface area contributed by atoms with Crippen LogP contribution >= 0.6 is 11.3 Å². The number of rotatable bonds is 5. The average Bonchev–Trinajstić information content (AvgIpc) is 2.91. The monoisotopic (exact) mass is 249 g/mol. The normalized spacial score (nSPS) is 11.0. The van der Waals surface area contributed by atoms with Crippen molar-refractivity contribution in [1.29, 1.82) is 0 Å². The maximum Gasteiger partial charge on any atom is 0.106 e. The van der Waals surface area contributed by atoms with E-state index in [1.54, 1.807) is 0 Å². The molecule has 0 bridgehead atoms. The number of aryl methyl sites for hydroxylation is 2. The zero-order valence-corrected chi connectivity index (χ0v) is 11.5. The predicted octanol–water partition coefficient (Wildman–Crippen LogP) is 2.58. The molecule has 1 N–H and O–H groups in total. The van der Waals surface area contributed by atoms with E-state index in [1.807, 2.05) is 24.6 Å². The molecule has 0 amide bonds. The number of nitrogens with one attached hydrogen (secondary N) is 1. The number of hydrogen-bond acceptors (Lipinski definition) is 3. The van der Waals surface area contributed by atoms with Crippen molar-refractivity contribution >= 4 is 11.3 Å². The molecule has 2 aromatic heterocycles. The van der Waals surface area contributed by atoms with Gasteiger partial charge in [-0.15, -0.1) is 11.3 Å². The van der Waals surface area contributed by atoms with E-state index in [0.717, 1.165) is 25.3 Å². The van der Waals surface area contributed by atoms with Crippen LogP contribution in [0.5, 0.6) is 0 Å². The second kappa shape index (κ2) is 5.47. The molecule has 0 aliphatic heterocycles. The molecule has 0 aromatic carbocycles. The number of hydrogen-bond donors (Lipinski definition) is 1. The van der Waals surface area contributed by atoms with E-state index in [0.29, 0.717) is 0 Å². The summed E-state index contributed by atoms with van der Waals surface area (Å²) in [4.78, 5) is 7.24. The van der Waals surface area contributed by atoms with Gasteiger partial charge in [0.15, 0.2) is 0 Å². The lowest BCUT2D eigenvalue weighted by atomic mass is 10.3. The smallest absolute Gasteiger partial charge is 0.106 e. The minimum absolute atomic E-state index is 0.868. The van der Waals surface area contributed by atoms with Crippen LogP contribution in [-0.2, 0) is 19.5 Å². The first kappa shape index (κ1) is 12.3. The lowest BCUT2D eigenvalue weighted by molar-refractivity contribution is 0.681. The zero-order valence-electron chi connectivity index (χ0n) is 10.7. The topological polar surface area (TPSA) is 29.9 Å². The molecule has 0 fully saturated rings. The van der Waals surface area contributed by atoms with Gasteiger partial charge in [-0.2, -0.15) is 0 Å². The summed E-state index contributed by atoms with van der Waals surface area (Å²) >= 11 is 1.90. The van der Waals surface area contributed by atoms with Gasteiger partial charge in [0.25, 0.3) is 0 Å². The summed E-state index contributed by atoms with van der Waals surface area (Å²) in [5.41, 5.74) is 1.25. The first-order valence-corrected chi connectivity index (χ1v) is 6.79. The van der Waals surface area contributed by atoms with Crippen molar-refractivity contribution < 1.29 is 0 Å². The van der Waals surface area contributed by atoms with Gasteiger partial charge in [-0.25, -0.2) is 4.98 Å². The van der Waals surface area contributed by atoms with E-state index in [4.69, 9.17) is 0 Å². The number of nitrogens with zero attached hydrogens (tertiary/aromatic N) is 2. The highest BCUT2D eigenvalue weighted by Gasteiger charge is 2.07. The highest BCUT2D eigenvalue weighted by atomic mass is 32.1. The molecule has 0 radical (unpaired) electrons. The summed E-state index contributed by atoms with van der Waals surface area (Å²) < 4.78 is 2.28. The molecule has 0 unspecified atom stereocenters. The van der Waals surface area contributed by atoms with Crippen molar-refractivity contribution in [3.8, 4) is 0 Å². The van der Waals surface area contributed by atoms with Gasteiger partial charge in [0.2, 0.25) is 0 Å². The maximum atomic E-state index is 4.39. The first-order chi connectivity index (χ1) is 8.24. The third-order valence-corrected chi connectivity index (χ3v) is 4.09. The molecule has 0 aliphatic carbocycles. The minimum Gasteiger partial charge on any atom is -0.326 e. The van der Waals surface area contributed by atoms with Crippen LogP contribution in [0, 0.1) is 6.92 Å². The minimum atomic E-state index is 0.868. The molecule has 0 spiro atoms. The highest BCUT2D eigenvalue weighted by Crippen LogP contribution is 2.19. The molecule has 17 heavy (non-hydrogen) atoms. The molecule has 0 saturated carbocycles. The second-order valence-electron chi connectivity index (χ2n) is 4.13. The number of aromatic nitrogens is 2. The summed E-state index contributed by atoms with van der Waals surface area (Å²) in [6, 6.07) is 4.45. The Labute approximate surface area is 107 Å². The number of thiophene rings is 1. The van der Waals surface area contributed by atoms with Crippen molar-refractivity contribution in [3.63, 3.8) is 0 Å². The fourth-order valence-electron chi connectivity index (χ4n) is 1.91. The Morgan fingerprint density at radius 3 is 2.76 bits per heavy atom. The SMILES string of the molecule is CCc1ccc(Cn2c(CNC)cnc2C)s1. The predicted molar refractivity (Wildman–Crippen MR) is 72.5 cm³/mol. The molecule has 2 aromatic rings. The van der Waals surface area contributed by atoms with Crippen LogP contribution in [0.4, 0.5) is 0 Å². The van der Waals surface area contributed by atoms with Crippen LogP contribution in [0.3, 0.4) is 0 Å². The van der Waals surface area contributed by atoms with Crippen LogP contribution in [0.1, 0.15) is 28.2 Å². The maximum absolute atomic E-state index is 4.39. The van der Waals surface area contributed by atoms with E-state index >= 15 is 0 Å². The lowest BCUT2D eigenvalue weighted by Gasteiger charge is -2.08. The highest BCUT2D eigenvalue weighted by molar-refractivity contribution is 7.11. The Bertz CT molecular complexity index is 485. The summed E-state index contributed by atoms with van der Waals surface area (Å²) in [5.74, 6) is 1.08. The fourth-order valence-corrected chi connectivity index (χ4v) is 2.85. The number of imidazole rings is 1. The Morgan fingerprint density at radius 2 is 2.12 bits per heavy atom. The Morgan fingerprint density at radius 1 is 1.35 bits per heavy atom. The molecule has 2 rings (SSSR count). The lowest BCUT2D eigenvalue weighted by Crippen LogP contribution is -2.12. The standard InChI is InChI=1S/C13H19N3S/c1-4-12-5-6-13(17-12)9-16-10(2)15-8-11(16)7-14-3/h5-6,8,14H,4,7,9H2,1-3H3. The summed E-state index contributed by atoms with van der Waals surface area (Å²) in [5, 5.41) is 3.18. The third-order valence-electron chi connectivity index (χ3n) is 2.88. The van der Waals surface area contributed by atoms with E-state index in [9.17, 15) is 0 Å². The summed E-state index contributed by atoms with van der Waals surface area (Å²) in [6.07, 6.45) is 3.08. The first-order valence-electron chi connectivity index (χ1n) is 5.97. The van der Waals surface area contributed by atoms with Crippen molar-refractivity contribution in [1.82, 2.24) is 14.9 Å². The van der Waals surface area contributed by atoms with Gasteiger partial charge in [-0.3, -0.25) is 0 Å². The van der Waals surface area contributed by atoms with Gasteiger partial charge in [-0.05, 0) is 32.5 Å². The van der Waals surface area contributed by atoms with E-state index in [2.05, 4.69) is 40.8 Å². The van der Waals surface area contributed by atoms with Crippen LogP contribution in [0.2, 0.25) is 0 Å². The fraction of sp³-hybridized carbons (Fsp3) is 0.462. The van der Waals surface area contributed by atoms with Crippen molar-refractivity contribution in [2.75, 3.05) is 7.05 Å². The molecule has 0 saturated heterocycles. The molecule has 3 nitrogen and oxygen atoms in total. The summed E-state index contributed by atoms with van der Waals surface area (Å²) in [6.45, 7) is 6.07.